The molecule has 5 nitrogen and oxygen atoms in total. The lowest BCUT2D eigenvalue weighted by Crippen LogP contribution is -2.27. The largest absolute Gasteiger partial charge is 0.394 e. The van der Waals surface area contributed by atoms with Gasteiger partial charge in [0.1, 0.15) is 5.82 Å². The maximum atomic E-state index is 13.8. The van der Waals surface area contributed by atoms with Crippen LogP contribution in [-0.2, 0) is 4.74 Å². The maximum Gasteiger partial charge on any atom is 0.251 e. The fourth-order valence-electron chi connectivity index (χ4n) is 2.13. The van der Waals surface area contributed by atoms with Crippen LogP contribution in [0.1, 0.15) is 15.9 Å². The number of carbonyl (C=O) groups is 1. The molecule has 0 atom stereocenters. The molecule has 0 saturated heterocycles. The molecule has 0 saturated carbocycles. The van der Waals surface area contributed by atoms with Crippen LogP contribution < -0.4 is 5.32 Å². The number of amides is 1. The topological polar surface area (TPSA) is 82.4 Å². The van der Waals surface area contributed by atoms with Gasteiger partial charge in [-0.2, -0.15) is 5.26 Å². The molecular formula is C18H17FN2O3. The summed E-state index contributed by atoms with van der Waals surface area (Å²) in [6.07, 6.45) is 0. The molecule has 2 aromatic rings. The summed E-state index contributed by atoms with van der Waals surface area (Å²) in [4.78, 5) is 12.1. The predicted octanol–water partition coefficient (Wildman–Crippen LogP) is 2.10. The molecule has 0 aliphatic heterocycles. The second-order valence-electron chi connectivity index (χ2n) is 5.01. The van der Waals surface area contributed by atoms with E-state index in [1.165, 1.54) is 6.07 Å². The Morgan fingerprint density at radius 2 is 1.92 bits per heavy atom. The number of hydrogen-bond acceptors (Lipinski definition) is 4. The van der Waals surface area contributed by atoms with E-state index in [0.717, 1.165) is 6.07 Å². The van der Waals surface area contributed by atoms with Crippen molar-refractivity contribution in [1.29, 1.82) is 5.26 Å². The zero-order valence-corrected chi connectivity index (χ0v) is 13.0. The van der Waals surface area contributed by atoms with Crippen molar-refractivity contribution in [2.24, 2.45) is 0 Å². The normalized spacial score (nSPS) is 10.2. The number of hydrogen-bond donors (Lipinski definition) is 2. The van der Waals surface area contributed by atoms with Crippen LogP contribution in [0.25, 0.3) is 11.1 Å². The Morgan fingerprint density at radius 3 is 2.58 bits per heavy atom. The Bertz CT molecular complexity index is 739. The number of benzene rings is 2. The van der Waals surface area contributed by atoms with Gasteiger partial charge in [-0.25, -0.2) is 4.39 Å². The molecule has 0 aliphatic carbocycles. The number of nitrogens with one attached hydrogen (secondary N) is 1. The van der Waals surface area contributed by atoms with Crippen LogP contribution >= 0.6 is 0 Å². The number of aliphatic hydroxyl groups is 1. The lowest BCUT2D eigenvalue weighted by Gasteiger charge is -2.08. The van der Waals surface area contributed by atoms with Gasteiger partial charge in [0.15, 0.2) is 0 Å². The lowest BCUT2D eigenvalue weighted by molar-refractivity contribution is 0.0838. The van der Waals surface area contributed by atoms with E-state index >= 15 is 0 Å². The standard InChI is InChI=1S/C18H17FN2O3/c19-17-10-15(14-3-1-13(12-20)2-4-14)9-16(11-17)18(23)21-5-7-24-8-6-22/h1-4,9-11,22H,5-8H2,(H,21,23). The van der Waals surface area contributed by atoms with Gasteiger partial charge in [0.2, 0.25) is 0 Å². The molecule has 24 heavy (non-hydrogen) atoms. The predicted molar refractivity (Wildman–Crippen MR) is 86.8 cm³/mol. The van der Waals surface area contributed by atoms with Gasteiger partial charge in [-0.15, -0.1) is 0 Å². The fraction of sp³-hybridized carbons (Fsp3) is 0.222. The van der Waals surface area contributed by atoms with Crippen molar-refractivity contribution in [3.63, 3.8) is 0 Å². The highest BCUT2D eigenvalue weighted by Gasteiger charge is 2.10. The van der Waals surface area contributed by atoms with E-state index in [-0.39, 0.29) is 31.9 Å². The average molecular weight is 328 g/mol. The molecule has 0 aromatic heterocycles. The summed E-state index contributed by atoms with van der Waals surface area (Å²) in [5, 5.41) is 20.0. The minimum Gasteiger partial charge on any atom is -0.394 e. The molecule has 0 fully saturated rings. The van der Waals surface area contributed by atoms with Crippen molar-refractivity contribution in [2.75, 3.05) is 26.4 Å². The van der Waals surface area contributed by atoms with Gasteiger partial charge in [0.25, 0.3) is 5.91 Å². The number of carbonyl (C=O) groups excluding carboxylic acids is 1. The van der Waals surface area contributed by atoms with Gasteiger partial charge >= 0.3 is 0 Å². The first-order chi connectivity index (χ1) is 11.6. The highest BCUT2D eigenvalue weighted by molar-refractivity contribution is 5.95. The number of aliphatic hydroxyl groups excluding tert-OH is 1. The molecule has 0 bridgehead atoms. The second kappa shape index (κ2) is 8.77. The van der Waals surface area contributed by atoms with Gasteiger partial charge in [-0.1, -0.05) is 12.1 Å². The highest BCUT2D eigenvalue weighted by Crippen LogP contribution is 2.22. The van der Waals surface area contributed by atoms with Crippen molar-refractivity contribution in [3.05, 3.63) is 59.4 Å². The van der Waals surface area contributed by atoms with Crippen LogP contribution in [0, 0.1) is 17.1 Å². The van der Waals surface area contributed by atoms with E-state index < -0.39 is 11.7 Å². The highest BCUT2D eigenvalue weighted by atomic mass is 19.1. The summed E-state index contributed by atoms with van der Waals surface area (Å²) in [5.41, 5.74) is 1.99. The number of ether oxygens (including phenoxy) is 1. The number of nitrogens with zero attached hydrogens (tertiary/aromatic N) is 1. The SMILES string of the molecule is N#Cc1ccc(-c2cc(F)cc(C(=O)NCCOCCO)c2)cc1. The van der Waals surface area contributed by atoms with Crippen LogP contribution in [0.5, 0.6) is 0 Å². The molecule has 2 aromatic carbocycles. The van der Waals surface area contributed by atoms with E-state index in [2.05, 4.69) is 5.32 Å². The summed E-state index contributed by atoms with van der Waals surface area (Å²) < 4.78 is 18.9. The number of halogens is 1. The molecule has 0 aliphatic rings. The minimum atomic E-state index is -0.515. The van der Waals surface area contributed by atoms with Gasteiger partial charge in [-0.05, 0) is 41.5 Å². The molecule has 2 N–H and O–H groups in total. The van der Waals surface area contributed by atoms with E-state index in [0.29, 0.717) is 16.7 Å². The van der Waals surface area contributed by atoms with Crippen LogP contribution in [0.3, 0.4) is 0 Å². The Labute approximate surface area is 139 Å². The fourth-order valence-corrected chi connectivity index (χ4v) is 2.13. The van der Waals surface area contributed by atoms with Crippen molar-refractivity contribution in [2.45, 2.75) is 0 Å². The van der Waals surface area contributed by atoms with Crippen molar-refractivity contribution in [3.8, 4) is 17.2 Å². The van der Waals surface area contributed by atoms with E-state index in [4.69, 9.17) is 15.1 Å². The summed E-state index contributed by atoms with van der Waals surface area (Å²) in [5.74, 6) is -0.921. The van der Waals surface area contributed by atoms with Crippen LogP contribution in [0.4, 0.5) is 4.39 Å². The third kappa shape index (κ3) is 4.88. The van der Waals surface area contributed by atoms with Crippen LogP contribution in [0.15, 0.2) is 42.5 Å². The summed E-state index contributed by atoms with van der Waals surface area (Å²) >= 11 is 0. The molecule has 0 radical (unpaired) electrons. The first-order valence-corrected chi connectivity index (χ1v) is 7.42. The Balaban J connectivity index is 2.10. The minimum absolute atomic E-state index is 0.0776. The zero-order valence-electron chi connectivity index (χ0n) is 13.0. The monoisotopic (exact) mass is 328 g/mol. The quantitative estimate of drug-likeness (QED) is 0.763. The molecule has 6 heteroatoms. The van der Waals surface area contributed by atoms with Crippen molar-refractivity contribution >= 4 is 5.91 Å². The van der Waals surface area contributed by atoms with Gasteiger partial charge < -0.3 is 15.2 Å². The lowest BCUT2D eigenvalue weighted by atomic mass is 10.0. The summed E-state index contributed by atoms with van der Waals surface area (Å²) in [6.45, 7) is 0.663. The Morgan fingerprint density at radius 1 is 1.17 bits per heavy atom. The van der Waals surface area contributed by atoms with Gasteiger partial charge in [0, 0.05) is 12.1 Å². The van der Waals surface area contributed by atoms with E-state index in [1.54, 1.807) is 30.3 Å². The molecule has 0 heterocycles. The molecular weight excluding hydrogens is 311 g/mol. The average Bonchev–Trinajstić information content (AvgIpc) is 2.61. The molecule has 2 rings (SSSR count). The van der Waals surface area contributed by atoms with Crippen molar-refractivity contribution < 1.29 is 19.0 Å². The summed E-state index contributed by atoms with van der Waals surface area (Å²) in [7, 11) is 0. The molecule has 0 unspecified atom stereocenters. The number of rotatable bonds is 7. The van der Waals surface area contributed by atoms with Gasteiger partial charge in [0.05, 0.1) is 31.5 Å². The zero-order chi connectivity index (χ0) is 17.4. The van der Waals surface area contributed by atoms with Crippen LogP contribution in [0.2, 0.25) is 0 Å². The van der Waals surface area contributed by atoms with E-state index in [9.17, 15) is 9.18 Å². The second-order valence-corrected chi connectivity index (χ2v) is 5.01. The van der Waals surface area contributed by atoms with E-state index in [1.807, 2.05) is 6.07 Å². The van der Waals surface area contributed by atoms with Gasteiger partial charge in [-0.3, -0.25) is 4.79 Å². The summed E-state index contributed by atoms with van der Waals surface area (Å²) in [6, 6.07) is 12.8. The molecule has 124 valence electrons. The first-order valence-electron chi connectivity index (χ1n) is 7.42. The number of nitriles is 1. The molecule has 0 spiro atoms. The molecule has 1 amide bonds. The van der Waals surface area contributed by atoms with Crippen molar-refractivity contribution in [1.82, 2.24) is 5.32 Å². The Hall–Kier alpha value is -2.75. The first kappa shape index (κ1) is 17.6. The maximum absolute atomic E-state index is 13.8. The Kier molecular flexibility index (Phi) is 6.43. The third-order valence-corrected chi connectivity index (χ3v) is 3.27. The van der Waals surface area contributed by atoms with Crippen LogP contribution in [-0.4, -0.2) is 37.4 Å². The smallest absolute Gasteiger partial charge is 0.251 e. The third-order valence-electron chi connectivity index (χ3n) is 3.27.